The molecule has 3 N–H and O–H groups in total. The van der Waals surface area contributed by atoms with Gasteiger partial charge in [0.25, 0.3) is 5.91 Å². The van der Waals surface area contributed by atoms with Crippen LogP contribution in [0.4, 0.5) is 10.1 Å². The van der Waals surface area contributed by atoms with E-state index in [1.807, 2.05) is 12.1 Å². The molecule has 25 heavy (non-hydrogen) atoms. The summed E-state index contributed by atoms with van der Waals surface area (Å²) in [5.74, 6) is -1.08. The van der Waals surface area contributed by atoms with Crippen LogP contribution in [0.5, 0.6) is 5.75 Å². The highest BCUT2D eigenvalue weighted by Crippen LogP contribution is 2.18. The number of phenolic OH excluding ortho intramolecular Hbond substituents is 1. The maximum Gasteiger partial charge on any atom is 0.251 e. The van der Waals surface area contributed by atoms with Crippen LogP contribution in [0, 0.1) is 5.82 Å². The summed E-state index contributed by atoms with van der Waals surface area (Å²) in [7, 11) is 0. The number of hydrogen-bond acceptors (Lipinski definition) is 4. The molecule has 6 heteroatoms. The molecule has 1 fully saturated rings. The molecule has 1 aliphatic heterocycles. The maximum absolute atomic E-state index is 13.3. The Bertz CT molecular complexity index is 728. The number of benzene rings is 2. The van der Waals surface area contributed by atoms with Crippen LogP contribution in [0.25, 0.3) is 0 Å². The van der Waals surface area contributed by atoms with Crippen molar-refractivity contribution in [3.63, 3.8) is 0 Å². The van der Waals surface area contributed by atoms with Gasteiger partial charge in [-0.15, -0.1) is 0 Å². The van der Waals surface area contributed by atoms with Gasteiger partial charge in [0.05, 0.1) is 0 Å². The van der Waals surface area contributed by atoms with Crippen molar-refractivity contribution in [2.45, 2.75) is 25.4 Å². The number of anilines is 1. The minimum absolute atomic E-state index is 0.0842. The average Bonchev–Trinajstić information content (AvgIpc) is 2.64. The maximum atomic E-state index is 13.3. The molecule has 0 aliphatic carbocycles. The molecule has 3 rings (SSSR count). The number of nitrogens with one attached hydrogen (secondary N) is 2. The van der Waals surface area contributed by atoms with Crippen LogP contribution in [0.15, 0.2) is 42.5 Å². The molecule has 0 radical (unpaired) electrons. The van der Waals surface area contributed by atoms with Crippen LogP contribution >= 0.6 is 0 Å². The van der Waals surface area contributed by atoms with E-state index >= 15 is 0 Å². The molecule has 1 amide bonds. The molecule has 1 saturated heterocycles. The standard InChI is InChI=1S/C19H21FN2O3/c20-17-11-13(1-6-18(17)23)12-21-15-4-2-14(3-5-15)19(24)22-16-7-9-25-10-8-16/h1-6,11,16,21,23H,7-10,12H2,(H,22,24). The van der Waals surface area contributed by atoms with E-state index in [1.54, 1.807) is 18.2 Å². The predicted molar refractivity (Wildman–Crippen MR) is 93.1 cm³/mol. The summed E-state index contributed by atoms with van der Waals surface area (Å²) in [5.41, 5.74) is 2.15. The number of aromatic hydroxyl groups is 1. The number of ether oxygens (including phenoxy) is 1. The van der Waals surface area contributed by atoms with Gasteiger partial charge in [0.2, 0.25) is 0 Å². The molecule has 0 saturated carbocycles. The van der Waals surface area contributed by atoms with Gasteiger partial charge >= 0.3 is 0 Å². The van der Waals surface area contributed by atoms with Gasteiger partial charge in [0.15, 0.2) is 11.6 Å². The molecule has 5 nitrogen and oxygen atoms in total. The first-order valence-corrected chi connectivity index (χ1v) is 8.32. The normalized spacial score (nSPS) is 14.9. The van der Waals surface area contributed by atoms with Crippen molar-refractivity contribution in [1.29, 1.82) is 0 Å². The third-order valence-corrected chi connectivity index (χ3v) is 4.21. The summed E-state index contributed by atoms with van der Waals surface area (Å²) < 4.78 is 18.6. The number of hydrogen-bond donors (Lipinski definition) is 3. The first-order valence-electron chi connectivity index (χ1n) is 8.32. The van der Waals surface area contributed by atoms with E-state index in [4.69, 9.17) is 4.74 Å². The highest BCUT2D eigenvalue weighted by molar-refractivity contribution is 5.94. The molecule has 2 aromatic rings. The molecule has 0 atom stereocenters. The van der Waals surface area contributed by atoms with Crippen LogP contribution in [0.2, 0.25) is 0 Å². The second-order valence-corrected chi connectivity index (χ2v) is 6.08. The summed E-state index contributed by atoms with van der Waals surface area (Å²) in [6.45, 7) is 1.79. The smallest absolute Gasteiger partial charge is 0.251 e. The molecule has 0 spiro atoms. The molecule has 0 unspecified atom stereocenters. The number of carbonyl (C=O) groups is 1. The zero-order valence-electron chi connectivity index (χ0n) is 13.8. The van der Waals surface area contributed by atoms with E-state index in [9.17, 15) is 14.3 Å². The summed E-state index contributed by atoms with van der Waals surface area (Å²) in [6.07, 6.45) is 1.68. The fourth-order valence-corrected chi connectivity index (χ4v) is 2.71. The lowest BCUT2D eigenvalue weighted by atomic mass is 10.1. The van der Waals surface area contributed by atoms with Gasteiger partial charge in [0.1, 0.15) is 0 Å². The Labute approximate surface area is 145 Å². The van der Waals surface area contributed by atoms with Crippen LogP contribution in [-0.4, -0.2) is 30.3 Å². The monoisotopic (exact) mass is 344 g/mol. The number of phenols is 1. The van der Waals surface area contributed by atoms with Crippen LogP contribution in [0.3, 0.4) is 0 Å². The van der Waals surface area contributed by atoms with Gasteiger partial charge in [-0.3, -0.25) is 4.79 Å². The zero-order valence-corrected chi connectivity index (χ0v) is 13.8. The Kier molecular flexibility index (Phi) is 5.50. The van der Waals surface area contributed by atoms with Crippen molar-refractivity contribution in [1.82, 2.24) is 5.32 Å². The molecule has 0 bridgehead atoms. The minimum Gasteiger partial charge on any atom is -0.505 e. The fourth-order valence-electron chi connectivity index (χ4n) is 2.71. The van der Waals surface area contributed by atoms with Gasteiger partial charge < -0.3 is 20.5 Å². The lowest BCUT2D eigenvalue weighted by molar-refractivity contribution is 0.0696. The molecule has 1 aliphatic rings. The van der Waals surface area contributed by atoms with E-state index in [-0.39, 0.29) is 17.7 Å². The minimum atomic E-state index is -0.639. The van der Waals surface area contributed by atoms with Crippen molar-refractivity contribution in [2.24, 2.45) is 0 Å². The van der Waals surface area contributed by atoms with E-state index in [0.717, 1.165) is 24.1 Å². The number of amides is 1. The molecule has 2 aromatic carbocycles. The summed E-state index contributed by atoms with van der Waals surface area (Å²) in [4.78, 5) is 12.2. The van der Waals surface area contributed by atoms with Crippen molar-refractivity contribution >= 4 is 11.6 Å². The lowest BCUT2D eigenvalue weighted by Gasteiger charge is -2.23. The van der Waals surface area contributed by atoms with Crippen molar-refractivity contribution in [2.75, 3.05) is 18.5 Å². The largest absolute Gasteiger partial charge is 0.505 e. The molecule has 1 heterocycles. The summed E-state index contributed by atoms with van der Waals surface area (Å²) in [6, 6.07) is 11.6. The number of carbonyl (C=O) groups excluding carboxylic acids is 1. The molecule has 132 valence electrons. The first-order chi connectivity index (χ1) is 12.1. The average molecular weight is 344 g/mol. The Hall–Kier alpha value is -2.60. The van der Waals surface area contributed by atoms with Crippen LogP contribution in [0.1, 0.15) is 28.8 Å². The SMILES string of the molecule is O=C(NC1CCOCC1)c1ccc(NCc2ccc(O)c(F)c2)cc1. The molecular weight excluding hydrogens is 323 g/mol. The van der Waals surface area contributed by atoms with Gasteiger partial charge in [0, 0.05) is 37.1 Å². The van der Waals surface area contributed by atoms with Crippen molar-refractivity contribution in [3.8, 4) is 5.75 Å². The third-order valence-electron chi connectivity index (χ3n) is 4.21. The van der Waals surface area contributed by atoms with E-state index in [0.29, 0.717) is 25.3 Å². The van der Waals surface area contributed by atoms with Gasteiger partial charge in [-0.2, -0.15) is 0 Å². The third kappa shape index (κ3) is 4.70. The topological polar surface area (TPSA) is 70.6 Å². The molecular formula is C19H21FN2O3. The zero-order chi connectivity index (χ0) is 17.6. The summed E-state index contributed by atoms with van der Waals surface area (Å²) >= 11 is 0. The fraction of sp³-hybridized carbons (Fsp3) is 0.316. The van der Waals surface area contributed by atoms with E-state index in [2.05, 4.69) is 10.6 Å². The van der Waals surface area contributed by atoms with Gasteiger partial charge in [-0.05, 0) is 54.8 Å². The molecule has 0 aromatic heterocycles. The first kappa shape index (κ1) is 17.2. The van der Waals surface area contributed by atoms with Gasteiger partial charge in [-0.25, -0.2) is 4.39 Å². The lowest BCUT2D eigenvalue weighted by Crippen LogP contribution is -2.38. The highest BCUT2D eigenvalue weighted by atomic mass is 19.1. The Balaban J connectivity index is 1.54. The Morgan fingerprint density at radius 2 is 1.88 bits per heavy atom. The quantitative estimate of drug-likeness (QED) is 0.780. The van der Waals surface area contributed by atoms with E-state index in [1.165, 1.54) is 12.1 Å². The summed E-state index contributed by atoms with van der Waals surface area (Å²) in [5, 5.41) is 15.4. The number of rotatable bonds is 5. The van der Waals surface area contributed by atoms with Crippen LogP contribution in [-0.2, 0) is 11.3 Å². The van der Waals surface area contributed by atoms with Crippen molar-refractivity contribution < 1.29 is 19.0 Å². The van der Waals surface area contributed by atoms with Crippen LogP contribution < -0.4 is 10.6 Å². The second-order valence-electron chi connectivity index (χ2n) is 6.08. The second kappa shape index (κ2) is 7.98. The van der Waals surface area contributed by atoms with Crippen molar-refractivity contribution in [3.05, 3.63) is 59.4 Å². The number of halogens is 1. The Morgan fingerprint density at radius 1 is 1.16 bits per heavy atom. The van der Waals surface area contributed by atoms with E-state index < -0.39 is 5.82 Å². The van der Waals surface area contributed by atoms with Gasteiger partial charge in [-0.1, -0.05) is 6.07 Å². The predicted octanol–water partition coefficient (Wildman–Crippen LogP) is 3.05. The Morgan fingerprint density at radius 3 is 2.56 bits per heavy atom. The highest BCUT2D eigenvalue weighted by Gasteiger charge is 2.16.